The molecule has 6 nitrogen and oxygen atoms in total. The first-order valence-electron chi connectivity index (χ1n) is 8.51. The van der Waals surface area contributed by atoms with E-state index in [9.17, 15) is 5.11 Å². The quantitative estimate of drug-likeness (QED) is 0.562. The molecule has 4 rings (SSSR count). The first kappa shape index (κ1) is 16.2. The number of benzene rings is 1. The normalized spacial score (nSPS) is 11.0. The smallest absolute Gasteiger partial charge is 0.165 e. The topological polar surface area (TPSA) is 75.3 Å². The molecule has 4 aromatic rings. The van der Waals surface area contributed by atoms with Crippen LogP contribution >= 0.6 is 0 Å². The number of rotatable bonds is 6. The molecule has 2 N–H and O–H groups in total. The van der Waals surface area contributed by atoms with Crippen molar-refractivity contribution in [2.45, 2.75) is 13.0 Å². The summed E-state index contributed by atoms with van der Waals surface area (Å²) < 4.78 is 1.82. The average molecular weight is 345 g/mol. The third-order valence-electron chi connectivity index (χ3n) is 4.29. The Hall–Kier alpha value is -3.25. The van der Waals surface area contributed by atoms with Gasteiger partial charge < -0.3 is 10.4 Å². The van der Waals surface area contributed by atoms with Gasteiger partial charge in [0, 0.05) is 30.7 Å². The second-order valence-corrected chi connectivity index (χ2v) is 6.02. The molecule has 0 saturated heterocycles. The van der Waals surface area contributed by atoms with Crippen molar-refractivity contribution in [3.05, 3.63) is 78.4 Å². The lowest BCUT2D eigenvalue weighted by atomic mass is 10.1. The summed E-state index contributed by atoms with van der Waals surface area (Å²) in [5, 5.41) is 17.1. The molecule has 1 aromatic carbocycles. The lowest BCUT2D eigenvalue weighted by molar-refractivity contribution is 0.282. The van der Waals surface area contributed by atoms with Gasteiger partial charge in [-0.3, -0.25) is 4.98 Å². The molecule has 0 fully saturated rings. The van der Waals surface area contributed by atoms with E-state index in [0.29, 0.717) is 0 Å². The number of nitrogens with one attached hydrogen (secondary N) is 1. The number of hydrogen-bond acceptors (Lipinski definition) is 5. The number of hydrogen-bond donors (Lipinski definition) is 2. The maximum Gasteiger partial charge on any atom is 0.165 e. The fourth-order valence-electron chi connectivity index (χ4n) is 2.90. The molecule has 6 heteroatoms. The molecule has 26 heavy (non-hydrogen) atoms. The molecular weight excluding hydrogens is 326 g/mol. The van der Waals surface area contributed by atoms with Crippen molar-refractivity contribution in [1.29, 1.82) is 0 Å². The highest BCUT2D eigenvalue weighted by atomic mass is 16.3. The van der Waals surface area contributed by atoms with Gasteiger partial charge in [-0.1, -0.05) is 30.3 Å². The minimum absolute atomic E-state index is 0.0400. The molecular formula is C20H19N5O. The van der Waals surface area contributed by atoms with Gasteiger partial charge in [0.15, 0.2) is 5.65 Å². The summed E-state index contributed by atoms with van der Waals surface area (Å²) in [6.07, 6.45) is 8.15. The number of anilines is 1. The summed E-state index contributed by atoms with van der Waals surface area (Å²) in [6, 6.07) is 13.7. The molecule has 0 aliphatic rings. The number of aromatic nitrogens is 4. The van der Waals surface area contributed by atoms with Gasteiger partial charge in [0.25, 0.3) is 0 Å². The van der Waals surface area contributed by atoms with Crippen LogP contribution in [-0.2, 0) is 13.0 Å². The Balaban J connectivity index is 1.56. The van der Waals surface area contributed by atoms with E-state index in [0.717, 1.165) is 41.1 Å². The molecule has 0 saturated carbocycles. The van der Waals surface area contributed by atoms with Crippen LogP contribution < -0.4 is 5.32 Å². The highest BCUT2D eigenvalue weighted by Gasteiger charge is 2.10. The Morgan fingerprint density at radius 1 is 0.962 bits per heavy atom. The zero-order valence-corrected chi connectivity index (χ0v) is 14.2. The van der Waals surface area contributed by atoms with Gasteiger partial charge in [-0.05, 0) is 35.2 Å². The van der Waals surface area contributed by atoms with Crippen molar-refractivity contribution >= 4 is 11.5 Å². The van der Waals surface area contributed by atoms with E-state index in [2.05, 4.69) is 26.4 Å². The molecule has 0 bridgehead atoms. The van der Waals surface area contributed by atoms with Gasteiger partial charge in [0.1, 0.15) is 5.82 Å². The Bertz CT molecular complexity index is 996. The zero-order valence-electron chi connectivity index (χ0n) is 14.2. The Labute approximate surface area is 151 Å². The molecule has 130 valence electrons. The monoisotopic (exact) mass is 345 g/mol. The summed E-state index contributed by atoms with van der Waals surface area (Å²) in [5.41, 5.74) is 4.86. The predicted molar refractivity (Wildman–Crippen MR) is 101 cm³/mol. The second-order valence-electron chi connectivity index (χ2n) is 6.02. The van der Waals surface area contributed by atoms with E-state index in [1.165, 1.54) is 5.56 Å². The second kappa shape index (κ2) is 7.33. The number of nitrogens with zero attached hydrogens (tertiary/aromatic N) is 4. The van der Waals surface area contributed by atoms with Gasteiger partial charge in [0.05, 0.1) is 12.8 Å². The Morgan fingerprint density at radius 2 is 1.85 bits per heavy atom. The minimum Gasteiger partial charge on any atom is -0.392 e. The maximum absolute atomic E-state index is 9.19. The first-order valence-corrected chi connectivity index (χ1v) is 8.51. The van der Waals surface area contributed by atoms with Crippen LogP contribution in [0.2, 0.25) is 0 Å². The van der Waals surface area contributed by atoms with E-state index in [1.54, 1.807) is 12.4 Å². The van der Waals surface area contributed by atoms with E-state index < -0.39 is 0 Å². The van der Waals surface area contributed by atoms with Crippen molar-refractivity contribution in [3.8, 4) is 11.1 Å². The minimum atomic E-state index is 0.0400. The van der Waals surface area contributed by atoms with Crippen LogP contribution in [0, 0.1) is 0 Å². The van der Waals surface area contributed by atoms with Crippen LogP contribution in [0.1, 0.15) is 11.1 Å². The molecule has 0 spiro atoms. The van der Waals surface area contributed by atoms with E-state index >= 15 is 0 Å². The molecule has 0 radical (unpaired) electrons. The zero-order chi connectivity index (χ0) is 17.8. The first-order chi connectivity index (χ1) is 12.8. The van der Waals surface area contributed by atoms with Gasteiger partial charge >= 0.3 is 0 Å². The van der Waals surface area contributed by atoms with Gasteiger partial charge in [-0.25, -0.2) is 4.98 Å². The highest BCUT2D eigenvalue weighted by molar-refractivity contribution is 5.78. The fraction of sp³-hybridized carbons (Fsp3) is 0.150. The lowest BCUT2D eigenvalue weighted by Crippen LogP contribution is -2.09. The third-order valence-corrected chi connectivity index (χ3v) is 4.29. The van der Waals surface area contributed by atoms with Gasteiger partial charge in [-0.2, -0.15) is 9.61 Å². The summed E-state index contributed by atoms with van der Waals surface area (Å²) >= 11 is 0. The fourth-order valence-corrected chi connectivity index (χ4v) is 2.90. The molecule has 0 amide bonds. The number of fused-ring (bicyclic) bond motifs is 1. The van der Waals surface area contributed by atoms with Crippen LogP contribution in [0.25, 0.3) is 16.8 Å². The maximum atomic E-state index is 9.19. The molecule has 0 aliphatic heterocycles. The van der Waals surface area contributed by atoms with Crippen LogP contribution in [0.4, 0.5) is 5.82 Å². The van der Waals surface area contributed by atoms with Crippen molar-refractivity contribution in [3.63, 3.8) is 0 Å². The number of aliphatic hydroxyl groups is 1. The SMILES string of the molecule is OCc1ccc(-c2cnn3c(NCCc4cccnc4)ccnc23)cc1. The van der Waals surface area contributed by atoms with Crippen LogP contribution in [0.15, 0.2) is 67.3 Å². The predicted octanol–water partition coefficient (Wildman–Crippen LogP) is 2.94. The standard InChI is InChI=1S/C20H19N5O/c26-14-16-3-5-17(6-4-16)18-13-24-25-19(8-11-23-20(18)25)22-10-7-15-2-1-9-21-12-15/h1-6,8-9,11-13,22,26H,7,10,14H2. The number of aliphatic hydroxyl groups excluding tert-OH is 1. The van der Waals surface area contributed by atoms with Crippen molar-refractivity contribution in [2.75, 3.05) is 11.9 Å². The Kier molecular flexibility index (Phi) is 4.57. The number of pyridine rings is 1. The lowest BCUT2D eigenvalue weighted by Gasteiger charge is -2.08. The summed E-state index contributed by atoms with van der Waals surface area (Å²) in [6.45, 7) is 0.823. The molecule has 3 aromatic heterocycles. The van der Waals surface area contributed by atoms with E-state index in [4.69, 9.17) is 0 Å². The summed E-state index contributed by atoms with van der Waals surface area (Å²) in [7, 11) is 0. The van der Waals surface area contributed by atoms with Crippen LogP contribution in [0.5, 0.6) is 0 Å². The van der Waals surface area contributed by atoms with Gasteiger partial charge in [-0.15, -0.1) is 0 Å². The molecule has 3 heterocycles. The molecule has 0 unspecified atom stereocenters. The van der Waals surface area contributed by atoms with Crippen molar-refractivity contribution in [1.82, 2.24) is 19.6 Å². The summed E-state index contributed by atoms with van der Waals surface area (Å²) in [4.78, 5) is 8.63. The van der Waals surface area contributed by atoms with Crippen LogP contribution in [0.3, 0.4) is 0 Å². The third kappa shape index (κ3) is 3.27. The highest BCUT2D eigenvalue weighted by Crippen LogP contribution is 2.25. The van der Waals surface area contributed by atoms with E-state index in [-0.39, 0.29) is 6.61 Å². The van der Waals surface area contributed by atoms with Gasteiger partial charge in [0.2, 0.25) is 0 Å². The Morgan fingerprint density at radius 3 is 2.62 bits per heavy atom. The van der Waals surface area contributed by atoms with E-state index in [1.807, 2.05) is 53.3 Å². The molecule has 0 aliphatic carbocycles. The van der Waals surface area contributed by atoms with Crippen LogP contribution in [-0.4, -0.2) is 31.2 Å². The summed E-state index contributed by atoms with van der Waals surface area (Å²) in [5.74, 6) is 0.900. The molecule has 0 atom stereocenters. The van der Waals surface area contributed by atoms with Crippen molar-refractivity contribution in [2.24, 2.45) is 0 Å². The largest absolute Gasteiger partial charge is 0.392 e. The average Bonchev–Trinajstić information content (AvgIpc) is 3.14. The van der Waals surface area contributed by atoms with Crippen molar-refractivity contribution < 1.29 is 5.11 Å².